The van der Waals surface area contributed by atoms with Crippen LogP contribution in [-0.2, 0) is 0 Å². The summed E-state index contributed by atoms with van der Waals surface area (Å²) in [5.41, 5.74) is 7.86. The topological polar surface area (TPSA) is 102 Å². The molecule has 2 aromatic rings. The lowest BCUT2D eigenvalue weighted by molar-refractivity contribution is 0.626. The van der Waals surface area contributed by atoms with Gasteiger partial charge in [0.25, 0.3) is 0 Å². The van der Waals surface area contributed by atoms with Crippen LogP contribution in [-0.4, -0.2) is 16.7 Å². The van der Waals surface area contributed by atoms with Crippen LogP contribution >= 0.6 is 22.9 Å². The molecule has 6 nitrogen and oxygen atoms in total. The average molecular weight is 365 g/mol. The summed E-state index contributed by atoms with van der Waals surface area (Å²) in [5, 5.41) is 9.55. The third-order valence-corrected chi connectivity index (χ3v) is 4.66. The van der Waals surface area contributed by atoms with E-state index in [1.54, 1.807) is 12.3 Å². The van der Waals surface area contributed by atoms with E-state index in [4.69, 9.17) is 23.2 Å². The van der Waals surface area contributed by atoms with Crippen molar-refractivity contribution in [2.75, 3.05) is 0 Å². The van der Waals surface area contributed by atoms with E-state index < -0.39 is 11.9 Å². The molecule has 1 aliphatic rings. The minimum absolute atomic E-state index is 0.132. The number of thiazole rings is 1. The number of benzene rings is 1. The van der Waals surface area contributed by atoms with Crippen LogP contribution in [0, 0.1) is 5.82 Å². The third kappa shape index (κ3) is 2.98. The number of rotatable bonds is 3. The summed E-state index contributed by atoms with van der Waals surface area (Å²) in [6.07, 6.45) is 1.69. The fraction of sp³-hybridized carbons (Fsp3) is 0.133. The number of hydrogen-bond donors (Lipinski definition) is 3. The van der Waals surface area contributed by atoms with Gasteiger partial charge < -0.3 is 16.9 Å². The maximum absolute atomic E-state index is 13.4. The van der Waals surface area contributed by atoms with E-state index in [0.29, 0.717) is 17.0 Å². The molecule has 1 unspecified atom stereocenters. The van der Waals surface area contributed by atoms with Gasteiger partial charge in [-0.05, 0) is 19.1 Å². The zero-order valence-corrected chi connectivity index (χ0v) is 14.2. The Morgan fingerprint density at radius 1 is 1.46 bits per heavy atom. The Hall–Kier alpha value is -2.45. The van der Waals surface area contributed by atoms with Crippen molar-refractivity contribution in [1.29, 1.82) is 0 Å². The van der Waals surface area contributed by atoms with E-state index in [-0.39, 0.29) is 10.9 Å². The number of nitrogens with two attached hydrogens (primary N) is 2. The summed E-state index contributed by atoms with van der Waals surface area (Å²) in [6, 6.07) is 3.57. The van der Waals surface area contributed by atoms with Gasteiger partial charge in [-0.25, -0.2) is 9.37 Å². The molecular formula is C15H14ClFN6S. The predicted molar refractivity (Wildman–Crippen MR) is 94.4 cm³/mol. The molecule has 0 saturated carbocycles. The summed E-state index contributed by atoms with van der Waals surface area (Å²) in [5.74, 6) is 5.64. The van der Waals surface area contributed by atoms with E-state index in [2.05, 4.69) is 20.4 Å². The molecule has 0 saturated heterocycles. The molecule has 0 radical (unpaired) electrons. The third-order valence-electron chi connectivity index (χ3n) is 3.55. The van der Waals surface area contributed by atoms with Gasteiger partial charge in [-0.3, -0.25) is 4.99 Å². The van der Waals surface area contributed by atoms with Crippen LogP contribution in [0.15, 0.2) is 51.1 Å². The van der Waals surface area contributed by atoms with Crippen molar-refractivity contribution in [3.05, 3.63) is 62.5 Å². The largest absolute Gasteiger partial charge is 0.382 e. The molecular weight excluding hydrogens is 351 g/mol. The van der Waals surface area contributed by atoms with Gasteiger partial charge >= 0.3 is 0 Å². The molecule has 2 heterocycles. The van der Waals surface area contributed by atoms with Gasteiger partial charge in [-0.2, -0.15) is 5.10 Å². The number of aromatic nitrogens is 1. The second-order valence-corrected chi connectivity index (χ2v) is 6.36. The van der Waals surface area contributed by atoms with Crippen molar-refractivity contribution in [3.63, 3.8) is 0 Å². The second kappa shape index (κ2) is 6.58. The average Bonchev–Trinajstić information content (AvgIpc) is 3.08. The van der Waals surface area contributed by atoms with Crippen molar-refractivity contribution < 1.29 is 4.39 Å². The van der Waals surface area contributed by atoms with Gasteiger partial charge in [-0.15, -0.1) is 11.3 Å². The second-order valence-electron chi connectivity index (χ2n) is 5.06. The molecule has 124 valence electrons. The molecule has 1 aliphatic heterocycles. The van der Waals surface area contributed by atoms with Crippen molar-refractivity contribution in [3.8, 4) is 0 Å². The van der Waals surface area contributed by atoms with Crippen LogP contribution in [0.4, 0.5) is 4.39 Å². The highest BCUT2D eigenvalue weighted by Gasteiger charge is 2.29. The summed E-state index contributed by atoms with van der Waals surface area (Å²) in [4.78, 5) is 8.91. The van der Waals surface area contributed by atoms with Crippen molar-refractivity contribution >= 4 is 34.6 Å². The summed E-state index contributed by atoms with van der Waals surface area (Å²) < 4.78 is 13.4. The van der Waals surface area contributed by atoms with Crippen molar-refractivity contribution in [2.24, 2.45) is 21.7 Å². The van der Waals surface area contributed by atoms with Crippen molar-refractivity contribution in [1.82, 2.24) is 10.3 Å². The Morgan fingerprint density at radius 2 is 2.25 bits per heavy atom. The molecule has 0 fully saturated rings. The Bertz CT molecular complexity index is 859. The van der Waals surface area contributed by atoms with Gasteiger partial charge in [0.1, 0.15) is 17.7 Å². The highest BCUT2D eigenvalue weighted by atomic mass is 35.5. The minimum Gasteiger partial charge on any atom is -0.382 e. The normalized spacial score (nSPS) is 18.4. The number of halogens is 2. The minimum atomic E-state index is -0.564. The van der Waals surface area contributed by atoms with E-state index in [0.717, 1.165) is 10.7 Å². The Kier molecular flexibility index (Phi) is 4.50. The quantitative estimate of drug-likeness (QED) is 0.337. The number of hydrogen-bond acceptors (Lipinski definition) is 6. The first-order chi connectivity index (χ1) is 11.5. The van der Waals surface area contributed by atoms with Crippen LogP contribution in [0.5, 0.6) is 0 Å². The van der Waals surface area contributed by atoms with Crippen LogP contribution in [0.2, 0.25) is 5.02 Å². The Labute approximate surface area is 146 Å². The molecule has 3 rings (SSSR count). The Balaban J connectivity index is 2.16. The zero-order valence-electron chi connectivity index (χ0n) is 12.6. The number of aliphatic imine (C=N–C) groups is 1. The smallest absolute Gasteiger partial charge is 0.163 e. The van der Waals surface area contributed by atoms with Crippen LogP contribution < -0.4 is 16.9 Å². The summed E-state index contributed by atoms with van der Waals surface area (Å²) in [6.45, 7) is 1.83. The molecule has 1 aromatic carbocycles. The molecule has 0 spiro atoms. The summed E-state index contributed by atoms with van der Waals surface area (Å²) >= 11 is 7.66. The maximum atomic E-state index is 13.4. The maximum Gasteiger partial charge on any atom is 0.163 e. The monoisotopic (exact) mass is 364 g/mol. The van der Waals surface area contributed by atoms with Gasteiger partial charge in [0.2, 0.25) is 0 Å². The van der Waals surface area contributed by atoms with Gasteiger partial charge in [0, 0.05) is 33.4 Å². The molecule has 9 heteroatoms. The van der Waals surface area contributed by atoms with E-state index in [1.165, 1.54) is 23.5 Å². The predicted octanol–water partition coefficient (Wildman–Crippen LogP) is 2.53. The molecule has 0 amide bonds. The number of nitrogens with one attached hydrogen (secondary N) is 1. The van der Waals surface area contributed by atoms with E-state index >= 15 is 0 Å². The van der Waals surface area contributed by atoms with E-state index in [9.17, 15) is 4.39 Å². The van der Waals surface area contributed by atoms with Gasteiger partial charge in [-0.1, -0.05) is 17.7 Å². The molecule has 1 atom stereocenters. The van der Waals surface area contributed by atoms with Crippen LogP contribution in [0.1, 0.15) is 23.5 Å². The van der Waals surface area contributed by atoms with Crippen LogP contribution in [0.3, 0.4) is 0 Å². The molecule has 1 aromatic heterocycles. The number of nitrogens with zero attached hydrogens (tertiary/aromatic N) is 3. The fourth-order valence-corrected chi connectivity index (χ4v) is 3.33. The standard InChI is InChI=1S/C15H14ClFN6S/c1-7-11(13(18)23-19)12(9-3-2-8(17)6-10(9)16)22-14(21-7)15-20-4-5-24-15/h2-6,12H,19H2,1H3,(H2,18,23)(H,21,22). The summed E-state index contributed by atoms with van der Waals surface area (Å²) in [7, 11) is 0. The highest BCUT2D eigenvalue weighted by molar-refractivity contribution is 7.11. The fourth-order valence-electron chi connectivity index (χ4n) is 2.48. The van der Waals surface area contributed by atoms with Crippen LogP contribution in [0.25, 0.3) is 0 Å². The lowest BCUT2D eigenvalue weighted by Gasteiger charge is -2.26. The Morgan fingerprint density at radius 3 is 2.88 bits per heavy atom. The zero-order chi connectivity index (χ0) is 17.3. The lowest BCUT2D eigenvalue weighted by Crippen LogP contribution is -2.34. The first-order valence-electron chi connectivity index (χ1n) is 6.95. The van der Waals surface area contributed by atoms with Crippen molar-refractivity contribution in [2.45, 2.75) is 13.0 Å². The first kappa shape index (κ1) is 16.4. The molecule has 0 aliphatic carbocycles. The number of allylic oxidation sites excluding steroid dienone is 1. The van der Waals surface area contributed by atoms with Gasteiger partial charge in [0.05, 0.1) is 0 Å². The SMILES string of the molecule is CC1=C(/C(N)=N/N)C(c2ccc(F)cc2Cl)N=C(c2nccs2)N1. The first-order valence-corrected chi connectivity index (χ1v) is 8.21. The molecule has 5 N–H and O–H groups in total. The number of hydrazone groups is 1. The molecule has 24 heavy (non-hydrogen) atoms. The lowest BCUT2D eigenvalue weighted by atomic mass is 9.95. The molecule has 0 bridgehead atoms. The number of amidine groups is 2. The highest BCUT2D eigenvalue weighted by Crippen LogP contribution is 2.35. The van der Waals surface area contributed by atoms with Gasteiger partial charge in [0.15, 0.2) is 10.8 Å². The van der Waals surface area contributed by atoms with E-state index in [1.807, 2.05) is 12.3 Å².